The molecule has 3 amide bonds. The summed E-state index contributed by atoms with van der Waals surface area (Å²) in [5, 5.41) is 6.55. The normalized spacial score (nSPS) is 15.4. The lowest BCUT2D eigenvalue weighted by atomic mass is 9.89. The Morgan fingerprint density at radius 3 is 2.63 bits per heavy atom. The Hall–Kier alpha value is -3.51. The third-order valence-electron chi connectivity index (χ3n) is 6.14. The van der Waals surface area contributed by atoms with Crippen LogP contribution in [0, 0.1) is 0 Å². The molecule has 3 aromatic rings. The van der Waals surface area contributed by atoms with Gasteiger partial charge in [-0.05, 0) is 73.4 Å². The molecule has 0 aliphatic carbocycles. The molecule has 1 atom stereocenters. The summed E-state index contributed by atoms with van der Waals surface area (Å²) in [7, 11) is 0. The average Bonchev–Trinajstić information content (AvgIpc) is 2.89. The molecule has 7 heteroatoms. The molecule has 0 bridgehead atoms. The lowest BCUT2D eigenvalue weighted by Gasteiger charge is -2.33. The van der Waals surface area contributed by atoms with E-state index in [2.05, 4.69) is 10.6 Å². The summed E-state index contributed by atoms with van der Waals surface area (Å²) in [6, 6.07) is 22.4. The van der Waals surface area contributed by atoms with Crippen molar-refractivity contribution in [1.29, 1.82) is 0 Å². The van der Waals surface area contributed by atoms with Crippen molar-refractivity contribution < 1.29 is 14.3 Å². The van der Waals surface area contributed by atoms with Gasteiger partial charge < -0.3 is 20.3 Å². The molecule has 182 valence electrons. The standard InChI is InChI=1S/C28H30ClN3O3/c1-2-35-25-14-12-24(13-15-25)31-28(34)32-16-6-10-23(19-32)20-8-5-9-21(17-20)27(33)30-18-22-7-3-4-11-26(22)29/h3-5,7-9,11-15,17,23H,2,6,10,16,18-19H2,1H3,(H,30,33)(H,31,34)/t23-/m1/s1. The molecule has 3 aromatic carbocycles. The van der Waals surface area contributed by atoms with Gasteiger partial charge in [-0.1, -0.05) is 41.9 Å². The zero-order valence-electron chi connectivity index (χ0n) is 19.8. The minimum absolute atomic E-state index is 0.118. The predicted molar refractivity (Wildman–Crippen MR) is 139 cm³/mol. The van der Waals surface area contributed by atoms with Crippen LogP contribution in [0.3, 0.4) is 0 Å². The minimum Gasteiger partial charge on any atom is -0.494 e. The van der Waals surface area contributed by atoms with Gasteiger partial charge in [-0.15, -0.1) is 0 Å². The van der Waals surface area contributed by atoms with E-state index < -0.39 is 0 Å². The van der Waals surface area contributed by atoms with E-state index >= 15 is 0 Å². The first-order chi connectivity index (χ1) is 17.0. The molecular formula is C28H30ClN3O3. The molecule has 0 aromatic heterocycles. The van der Waals surface area contributed by atoms with Crippen molar-refractivity contribution in [2.75, 3.05) is 25.0 Å². The number of hydrogen-bond donors (Lipinski definition) is 2. The number of amides is 3. The Morgan fingerprint density at radius 2 is 1.86 bits per heavy atom. The Balaban J connectivity index is 1.36. The molecule has 1 heterocycles. The molecule has 1 saturated heterocycles. The van der Waals surface area contributed by atoms with Crippen LogP contribution in [-0.2, 0) is 6.54 Å². The Labute approximate surface area is 211 Å². The van der Waals surface area contributed by atoms with Crippen molar-refractivity contribution in [3.05, 3.63) is 94.5 Å². The van der Waals surface area contributed by atoms with Crippen LogP contribution in [0.4, 0.5) is 10.5 Å². The van der Waals surface area contributed by atoms with Crippen molar-refractivity contribution in [3.63, 3.8) is 0 Å². The Kier molecular flexibility index (Phi) is 8.27. The maximum atomic E-state index is 12.9. The monoisotopic (exact) mass is 491 g/mol. The van der Waals surface area contributed by atoms with Gasteiger partial charge in [-0.25, -0.2) is 4.79 Å². The second-order valence-electron chi connectivity index (χ2n) is 8.57. The molecule has 0 saturated carbocycles. The molecule has 1 aliphatic heterocycles. The second kappa shape index (κ2) is 11.8. The third kappa shape index (κ3) is 6.55. The first kappa shape index (κ1) is 24.6. The van der Waals surface area contributed by atoms with Crippen molar-refractivity contribution in [3.8, 4) is 5.75 Å². The molecule has 6 nitrogen and oxygen atoms in total. The molecule has 4 rings (SSSR count). The van der Waals surface area contributed by atoms with Gasteiger partial charge in [-0.2, -0.15) is 0 Å². The SMILES string of the molecule is CCOc1ccc(NC(=O)N2CCC[C@@H](c3cccc(C(=O)NCc4ccccc4Cl)c3)C2)cc1. The van der Waals surface area contributed by atoms with E-state index in [-0.39, 0.29) is 17.9 Å². The van der Waals surface area contributed by atoms with Crippen molar-refractivity contribution >= 4 is 29.2 Å². The van der Waals surface area contributed by atoms with E-state index in [4.69, 9.17) is 16.3 Å². The molecule has 0 radical (unpaired) electrons. The smallest absolute Gasteiger partial charge is 0.321 e. The lowest BCUT2D eigenvalue weighted by Crippen LogP contribution is -2.41. The number of benzene rings is 3. The van der Waals surface area contributed by atoms with Gasteiger partial charge in [0.25, 0.3) is 5.91 Å². The van der Waals surface area contributed by atoms with Crippen molar-refractivity contribution in [1.82, 2.24) is 10.2 Å². The first-order valence-electron chi connectivity index (χ1n) is 11.9. The number of urea groups is 1. The summed E-state index contributed by atoms with van der Waals surface area (Å²) in [5.41, 5.74) is 3.28. The summed E-state index contributed by atoms with van der Waals surface area (Å²) in [4.78, 5) is 27.5. The van der Waals surface area contributed by atoms with Gasteiger partial charge >= 0.3 is 6.03 Å². The molecule has 35 heavy (non-hydrogen) atoms. The highest BCUT2D eigenvalue weighted by Gasteiger charge is 2.25. The van der Waals surface area contributed by atoms with Gasteiger partial charge in [0.15, 0.2) is 0 Å². The zero-order valence-corrected chi connectivity index (χ0v) is 20.6. The largest absolute Gasteiger partial charge is 0.494 e. The molecular weight excluding hydrogens is 462 g/mol. The quantitative estimate of drug-likeness (QED) is 0.420. The Morgan fingerprint density at radius 1 is 1.06 bits per heavy atom. The highest BCUT2D eigenvalue weighted by molar-refractivity contribution is 6.31. The number of ether oxygens (including phenoxy) is 1. The van der Waals surface area contributed by atoms with Crippen LogP contribution in [0.15, 0.2) is 72.8 Å². The van der Waals surface area contributed by atoms with Gasteiger partial charge in [0.05, 0.1) is 6.61 Å². The molecule has 0 unspecified atom stereocenters. The number of carbonyl (C=O) groups is 2. The maximum absolute atomic E-state index is 12.9. The Bertz CT molecular complexity index is 1170. The molecule has 0 spiro atoms. The van der Waals surface area contributed by atoms with Crippen LogP contribution < -0.4 is 15.4 Å². The third-order valence-corrected chi connectivity index (χ3v) is 6.51. The maximum Gasteiger partial charge on any atom is 0.321 e. The first-order valence-corrected chi connectivity index (χ1v) is 12.3. The van der Waals surface area contributed by atoms with Crippen LogP contribution >= 0.6 is 11.6 Å². The second-order valence-corrected chi connectivity index (χ2v) is 8.98. The number of anilines is 1. The van der Waals surface area contributed by atoms with Gasteiger partial charge in [0, 0.05) is 41.8 Å². The van der Waals surface area contributed by atoms with Crippen molar-refractivity contribution in [2.24, 2.45) is 0 Å². The molecule has 2 N–H and O–H groups in total. The van der Waals surface area contributed by atoms with Crippen LogP contribution in [0.5, 0.6) is 5.75 Å². The van der Waals surface area contributed by atoms with Gasteiger partial charge in [-0.3, -0.25) is 4.79 Å². The minimum atomic E-state index is -0.146. The zero-order chi connectivity index (χ0) is 24.6. The summed E-state index contributed by atoms with van der Waals surface area (Å²) in [6.45, 7) is 4.22. The number of piperidine rings is 1. The number of nitrogens with one attached hydrogen (secondary N) is 2. The van der Waals surface area contributed by atoms with E-state index in [1.807, 2.05) is 84.6 Å². The predicted octanol–water partition coefficient (Wildman–Crippen LogP) is 6.08. The van der Waals surface area contributed by atoms with Crippen LogP contribution in [0.1, 0.15) is 47.2 Å². The lowest BCUT2D eigenvalue weighted by molar-refractivity contribution is 0.0950. The van der Waals surface area contributed by atoms with E-state index in [1.165, 1.54) is 0 Å². The fourth-order valence-electron chi connectivity index (χ4n) is 4.29. The van der Waals surface area contributed by atoms with E-state index in [9.17, 15) is 9.59 Å². The number of nitrogens with zero attached hydrogens (tertiary/aromatic N) is 1. The van der Waals surface area contributed by atoms with Crippen LogP contribution in [0.25, 0.3) is 0 Å². The number of carbonyl (C=O) groups excluding carboxylic acids is 2. The number of likely N-dealkylation sites (tertiary alicyclic amines) is 1. The summed E-state index contributed by atoms with van der Waals surface area (Å²) in [5.74, 6) is 0.804. The number of rotatable bonds is 7. The number of halogens is 1. The molecule has 1 aliphatic rings. The number of hydrogen-bond acceptors (Lipinski definition) is 3. The van der Waals surface area contributed by atoms with Gasteiger partial charge in [0.2, 0.25) is 0 Å². The summed E-state index contributed by atoms with van der Waals surface area (Å²) >= 11 is 6.20. The van der Waals surface area contributed by atoms with Gasteiger partial charge in [0.1, 0.15) is 5.75 Å². The van der Waals surface area contributed by atoms with E-state index in [0.29, 0.717) is 36.8 Å². The fraction of sp³-hybridized carbons (Fsp3) is 0.286. The van der Waals surface area contributed by atoms with Crippen LogP contribution in [0.2, 0.25) is 5.02 Å². The van der Waals surface area contributed by atoms with Crippen molar-refractivity contribution in [2.45, 2.75) is 32.2 Å². The highest BCUT2D eigenvalue weighted by atomic mass is 35.5. The highest BCUT2D eigenvalue weighted by Crippen LogP contribution is 2.28. The fourth-order valence-corrected chi connectivity index (χ4v) is 4.49. The summed E-state index contributed by atoms with van der Waals surface area (Å²) < 4.78 is 5.46. The average molecular weight is 492 g/mol. The van der Waals surface area contributed by atoms with Crippen LogP contribution in [-0.4, -0.2) is 36.5 Å². The topological polar surface area (TPSA) is 70.7 Å². The van der Waals surface area contributed by atoms with E-state index in [1.54, 1.807) is 0 Å². The molecule has 1 fully saturated rings. The summed E-state index contributed by atoms with van der Waals surface area (Å²) in [6.07, 6.45) is 1.88. The van der Waals surface area contributed by atoms with E-state index in [0.717, 1.165) is 35.4 Å².